The molecule has 3 unspecified atom stereocenters. The van der Waals surface area contributed by atoms with Gasteiger partial charge in [-0.25, -0.2) is 0 Å². The lowest BCUT2D eigenvalue weighted by Crippen LogP contribution is -2.49. The Balaban J connectivity index is 1.80. The van der Waals surface area contributed by atoms with Gasteiger partial charge in [-0.15, -0.1) is 0 Å². The summed E-state index contributed by atoms with van der Waals surface area (Å²) in [5, 5.41) is 16.3. The van der Waals surface area contributed by atoms with Gasteiger partial charge in [-0.3, -0.25) is 0 Å². The largest absolute Gasteiger partial charge is 0.393 e. The summed E-state index contributed by atoms with van der Waals surface area (Å²) in [5.74, 6) is 0.104. The lowest BCUT2D eigenvalue weighted by atomic mass is 9.69. The van der Waals surface area contributed by atoms with E-state index in [1.165, 1.54) is 16.6 Å². The third kappa shape index (κ3) is 4.05. The van der Waals surface area contributed by atoms with E-state index in [2.05, 4.69) is 48.4 Å². The molecule has 2 bridgehead atoms. The van der Waals surface area contributed by atoms with Gasteiger partial charge in [0, 0.05) is 41.8 Å². The number of aliphatic hydroxyl groups excluding tert-OH is 1. The highest BCUT2D eigenvalue weighted by Crippen LogP contribution is 2.49. The molecule has 1 aliphatic carbocycles. The Bertz CT molecular complexity index is 806. The van der Waals surface area contributed by atoms with Gasteiger partial charge in [0.25, 0.3) is 0 Å². The number of para-hydroxylation sites is 1. The summed E-state index contributed by atoms with van der Waals surface area (Å²) < 4.78 is 12.6. The van der Waals surface area contributed by atoms with E-state index in [0.29, 0.717) is 13.2 Å². The second kappa shape index (κ2) is 9.82. The van der Waals surface area contributed by atoms with Crippen LogP contribution in [0.25, 0.3) is 10.9 Å². The Morgan fingerprint density at radius 2 is 1.77 bits per heavy atom. The molecule has 5 nitrogen and oxygen atoms in total. The van der Waals surface area contributed by atoms with Crippen LogP contribution in [0.3, 0.4) is 0 Å². The van der Waals surface area contributed by atoms with Crippen LogP contribution in [0.2, 0.25) is 0 Å². The maximum absolute atomic E-state index is 11.3. The molecule has 2 aliphatic rings. The number of rotatable bonds is 10. The Kier molecular flexibility index (Phi) is 7.14. The van der Waals surface area contributed by atoms with E-state index >= 15 is 0 Å². The highest BCUT2D eigenvalue weighted by Gasteiger charge is 2.51. The van der Waals surface area contributed by atoms with E-state index in [0.717, 1.165) is 63.8 Å². The topological polar surface area (TPSA) is 66.5 Å². The van der Waals surface area contributed by atoms with Gasteiger partial charge in [0.15, 0.2) is 0 Å². The first-order valence-electron chi connectivity index (χ1n) is 11.9. The van der Waals surface area contributed by atoms with Crippen molar-refractivity contribution < 1.29 is 14.6 Å². The van der Waals surface area contributed by atoms with E-state index in [9.17, 15) is 5.11 Å². The van der Waals surface area contributed by atoms with Crippen molar-refractivity contribution in [3.63, 3.8) is 0 Å². The van der Waals surface area contributed by atoms with E-state index in [-0.39, 0.29) is 23.5 Å². The predicted molar refractivity (Wildman–Crippen MR) is 121 cm³/mol. The quantitative estimate of drug-likeness (QED) is 0.503. The van der Waals surface area contributed by atoms with Gasteiger partial charge < -0.3 is 24.9 Å². The average molecular weight is 415 g/mol. The van der Waals surface area contributed by atoms with Crippen LogP contribution in [0.15, 0.2) is 24.3 Å². The third-order valence-corrected chi connectivity index (χ3v) is 7.09. The number of hydrogen-bond acceptors (Lipinski definition) is 4. The summed E-state index contributed by atoms with van der Waals surface area (Å²) in [4.78, 5) is 3.77. The predicted octanol–water partition coefficient (Wildman–Crippen LogP) is 4.45. The second-order valence-electron chi connectivity index (χ2n) is 9.13. The molecule has 1 fully saturated rings. The van der Waals surface area contributed by atoms with Gasteiger partial charge in [0.1, 0.15) is 0 Å². The first-order chi connectivity index (χ1) is 14.7. The fourth-order valence-corrected chi connectivity index (χ4v) is 5.46. The molecule has 4 rings (SSSR count). The minimum atomic E-state index is -0.367. The second-order valence-corrected chi connectivity index (χ2v) is 9.13. The van der Waals surface area contributed by atoms with Crippen molar-refractivity contribution in [3.05, 3.63) is 35.5 Å². The SMILES string of the molecule is CCCCOCC1(COCCCC)c2[nH]c3ccccc3c2C2CC(O)C1CCN2. The molecule has 3 atom stereocenters. The van der Waals surface area contributed by atoms with Crippen molar-refractivity contribution in [2.24, 2.45) is 5.92 Å². The summed E-state index contributed by atoms with van der Waals surface area (Å²) >= 11 is 0. The number of H-pyrrole nitrogens is 1. The van der Waals surface area contributed by atoms with Gasteiger partial charge in [0.2, 0.25) is 0 Å². The van der Waals surface area contributed by atoms with Gasteiger partial charge >= 0.3 is 0 Å². The van der Waals surface area contributed by atoms with Gasteiger partial charge in [-0.05, 0) is 43.9 Å². The van der Waals surface area contributed by atoms with Crippen LogP contribution < -0.4 is 5.32 Å². The third-order valence-electron chi connectivity index (χ3n) is 7.09. The van der Waals surface area contributed by atoms with Crippen LogP contribution in [0.5, 0.6) is 0 Å². The molecule has 0 saturated carbocycles. The molecule has 5 heteroatoms. The molecule has 0 amide bonds. The first kappa shape index (κ1) is 21.8. The summed E-state index contributed by atoms with van der Waals surface area (Å²) in [7, 11) is 0. The lowest BCUT2D eigenvalue weighted by molar-refractivity contribution is -0.0465. The lowest BCUT2D eigenvalue weighted by Gasteiger charge is -2.42. The maximum Gasteiger partial charge on any atom is 0.0627 e. The molecule has 1 aliphatic heterocycles. The number of hydrogen-bond donors (Lipinski definition) is 3. The molecule has 2 aromatic rings. The zero-order valence-electron chi connectivity index (χ0n) is 18.6. The van der Waals surface area contributed by atoms with E-state index in [4.69, 9.17) is 9.47 Å². The minimum Gasteiger partial charge on any atom is -0.393 e. The van der Waals surface area contributed by atoms with Gasteiger partial charge in [0.05, 0.1) is 24.7 Å². The van der Waals surface area contributed by atoms with Gasteiger partial charge in [-0.2, -0.15) is 0 Å². The number of unbranched alkanes of at least 4 members (excludes halogenated alkanes) is 2. The number of nitrogens with one attached hydrogen (secondary N) is 2. The molecular weight excluding hydrogens is 376 g/mol. The van der Waals surface area contributed by atoms with Crippen LogP contribution in [-0.4, -0.2) is 49.2 Å². The highest BCUT2D eigenvalue weighted by molar-refractivity contribution is 5.86. The number of aliphatic hydroxyl groups is 1. The number of ether oxygens (including phenoxy) is 2. The molecule has 3 N–H and O–H groups in total. The fraction of sp³-hybridized carbons (Fsp3) is 0.680. The molecule has 166 valence electrons. The summed E-state index contributed by atoms with van der Waals surface area (Å²) in [6, 6.07) is 8.71. The Hall–Kier alpha value is -1.40. The van der Waals surface area contributed by atoms with Crippen LogP contribution in [0.1, 0.15) is 69.7 Å². The van der Waals surface area contributed by atoms with E-state index < -0.39 is 0 Å². The van der Waals surface area contributed by atoms with Crippen molar-refractivity contribution in [2.75, 3.05) is 33.0 Å². The summed E-state index contributed by atoms with van der Waals surface area (Å²) in [5.41, 5.74) is 3.34. The standard InChI is InChI=1S/C25H38N2O3/c1-3-5-13-29-16-25(17-30-14-6-4-2)19-11-12-26-21(15-22(19)28)23-18-9-7-8-10-20(18)27-24(23)25/h7-10,19,21-22,26-28H,3-6,11-17H2,1-2H3. The van der Waals surface area contributed by atoms with Crippen LogP contribution in [0.4, 0.5) is 0 Å². The van der Waals surface area contributed by atoms with Crippen molar-refractivity contribution in [2.45, 2.75) is 69.9 Å². The van der Waals surface area contributed by atoms with Crippen molar-refractivity contribution in [3.8, 4) is 0 Å². The monoisotopic (exact) mass is 414 g/mol. The van der Waals surface area contributed by atoms with E-state index in [1.807, 2.05) is 0 Å². The van der Waals surface area contributed by atoms with Crippen LogP contribution >= 0.6 is 0 Å². The fourth-order valence-electron chi connectivity index (χ4n) is 5.46. The number of aromatic nitrogens is 1. The number of aromatic amines is 1. The average Bonchev–Trinajstić information content (AvgIpc) is 2.99. The molecule has 0 spiro atoms. The summed E-state index contributed by atoms with van der Waals surface area (Å²) in [6.07, 6.45) is 5.67. The smallest absolute Gasteiger partial charge is 0.0627 e. The molecule has 1 aromatic carbocycles. The Morgan fingerprint density at radius 3 is 2.47 bits per heavy atom. The highest BCUT2D eigenvalue weighted by atomic mass is 16.5. The molecule has 2 heterocycles. The van der Waals surface area contributed by atoms with E-state index in [1.54, 1.807) is 0 Å². The molecule has 1 aromatic heterocycles. The number of benzene rings is 1. The van der Waals surface area contributed by atoms with Crippen molar-refractivity contribution >= 4 is 10.9 Å². The zero-order chi connectivity index (χ0) is 21.0. The maximum atomic E-state index is 11.3. The first-order valence-corrected chi connectivity index (χ1v) is 11.9. The number of fused-ring (bicyclic) bond motifs is 7. The molecule has 1 saturated heterocycles. The molecule has 0 radical (unpaired) electrons. The van der Waals surface area contributed by atoms with Crippen molar-refractivity contribution in [1.82, 2.24) is 10.3 Å². The Morgan fingerprint density at radius 1 is 1.07 bits per heavy atom. The Labute approximate surface area is 180 Å². The van der Waals surface area contributed by atoms with Gasteiger partial charge in [-0.1, -0.05) is 44.9 Å². The molecule has 30 heavy (non-hydrogen) atoms. The van der Waals surface area contributed by atoms with Crippen LogP contribution in [-0.2, 0) is 14.9 Å². The zero-order valence-corrected chi connectivity index (χ0v) is 18.6. The normalized spacial score (nSPS) is 25.2. The minimum absolute atomic E-state index is 0.104. The van der Waals surface area contributed by atoms with Crippen LogP contribution in [0, 0.1) is 5.92 Å². The summed E-state index contributed by atoms with van der Waals surface area (Å²) in [6.45, 7) is 7.99. The molecular formula is C25H38N2O3. The van der Waals surface area contributed by atoms with Crippen molar-refractivity contribution in [1.29, 1.82) is 0 Å².